The Hall–Kier alpha value is -2.17. The molecule has 3 aromatic rings. The predicted molar refractivity (Wildman–Crippen MR) is 106 cm³/mol. The summed E-state index contributed by atoms with van der Waals surface area (Å²) in [6.45, 7) is 2.64. The maximum Gasteiger partial charge on any atom is 0.258 e. The van der Waals surface area contributed by atoms with Crippen molar-refractivity contribution < 1.29 is 0 Å². The fraction of sp³-hybridized carbons (Fsp3) is 0.333. The summed E-state index contributed by atoms with van der Waals surface area (Å²) in [5.41, 5.74) is 4.74. The lowest BCUT2D eigenvalue weighted by Gasteiger charge is -2.20. The summed E-state index contributed by atoms with van der Waals surface area (Å²) in [5, 5.41) is 4.60. The zero-order chi connectivity index (χ0) is 18.1. The molecule has 1 heterocycles. The number of nitrogens with one attached hydrogen (secondary N) is 2. The van der Waals surface area contributed by atoms with E-state index in [2.05, 4.69) is 40.4 Å². The van der Waals surface area contributed by atoms with E-state index in [9.17, 15) is 4.79 Å². The largest absolute Gasteiger partial charge is 0.309 e. The summed E-state index contributed by atoms with van der Waals surface area (Å²) in [5.74, 6) is 0.620. The first-order valence-electron chi connectivity index (χ1n) is 9.14. The first-order valence-corrected chi connectivity index (χ1v) is 9.51. The van der Waals surface area contributed by atoms with Gasteiger partial charge in [-0.3, -0.25) is 4.79 Å². The number of halogens is 1. The Morgan fingerprint density at radius 3 is 2.81 bits per heavy atom. The van der Waals surface area contributed by atoms with Crippen molar-refractivity contribution in [2.45, 2.75) is 45.2 Å². The van der Waals surface area contributed by atoms with Gasteiger partial charge in [0, 0.05) is 11.1 Å². The Balaban J connectivity index is 1.51. The summed E-state index contributed by atoms with van der Waals surface area (Å²) in [6.07, 6.45) is 4.95. The summed E-state index contributed by atoms with van der Waals surface area (Å²) < 4.78 is 0. The Labute approximate surface area is 157 Å². The van der Waals surface area contributed by atoms with Crippen molar-refractivity contribution in [1.29, 1.82) is 0 Å². The molecule has 0 spiro atoms. The third-order valence-electron chi connectivity index (χ3n) is 5.17. The molecule has 134 valence electrons. The normalized spacial score (nSPS) is 15.0. The van der Waals surface area contributed by atoms with Gasteiger partial charge in [-0.25, -0.2) is 4.98 Å². The Morgan fingerprint density at radius 2 is 1.96 bits per heavy atom. The van der Waals surface area contributed by atoms with E-state index in [0.717, 1.165) is 0 Å². The number of H-pyrrole nitrogens is 1. The number of nitrogens with zero attached hydrogens (tertiary/aromatic N) is 1. The van der Waals surface area contributed by atoms with E-state index in [1.54, 1.807) is 18.2 Å². The predicted octanol–water partition coefficient (Wildman–Crippen LogP) is 4.31. The monoisotopic (exact) mass is 367 g/mol. The van der Waals surface area contributed by atoms with Gasteiger partial charge in [0.05, 0.1) is 17.4 Å². The third kappa shape index (κ3) is 3.53. The van der Waals surface area contributed by atoms with Gasteiger partial charge < -0.3 is 10.3 Å². The average Bonchev–Trinajstić information content (AvgIpc) is 2.65. The Morgan fingerprint density at radius 1 is 1.15 bits per heavy atom. The van der Waals surface area contributed by atoms with Crippen LogP contribution in [0, 0.1) is 0 Å². The van der Waals surface area contributed by atoms with Crippen molar-refractivity contribution in [3.05, 3.63) is 74.3 Å². The lowest BCUT2D eigenvalue weighted by molar-refractivity contribution is 0.557. The van der Waals surface area contributed by atoms with Gasteiger partial charge in [-0.15, -0.1) is 0 Å². The number of benzene rings is 2. The molecule has 2 aromatic carbocycles. The van der Waals surface area contributed by atoms with Crippen molar-refractivity contribution in [1.82, 2.24) is 15.3 Å². The van der Waals surface area contributed by atoms with Crippen LogP contribution in [-0.2, 0) is 19.4 Å². The van der Waals surface area contributed by atoms with Crippen molar-refractivity contribution in [3.8, 4) is 0 Å². The minimum Gasteiger partial charge on any atom is -0.309 e. The van der Waals surface area contributed by atoms with E-state index in [-0.39, 0.29) is 11.6 Å². The van der Waals surface area contributed by atoms with Crippen molar-refractivity contribution in [3.63, 3.8) is 0 Å². The van der Waals surface area contributed by atoms with E-state index >= 15 is 0 Å². The zero-order valence-corrected chi connectivity index (χ0v) is 15.6. The standard InChI is InChI=1S/C21H22ClN3O/c1-13(15-7-6-14-4-2-3-5-16(14)10-15)23-12-20-24-19-11-17(22)8-9-18(19)21(26)25-20/h6-11,13,23H,2-5,12H2,1H3,(H,24,25,26)/t13-/m1/s1. The molecule has 1 atom stereocenters. The van der Waals surface area contributed by atoms with Crippen LogP contribution in [-0.4, -0.2) is 9.97 Å². The van der Waals surface area contributed by atoms with Crippen LogP contribution in [0.5, 0.6) is 0 Å². The maximum atomic E-state index is 12.2. The highest BCUT2D eigenvalue weighted by Crippen LogP contribution is 2.25. The second kappa shape index (κ2) is 7.22. The molecule has 4 nitrogen and oxygen atoms in total. The number of fused-ring (bicyclic) bond motifs is 2. The van der Waals surface area contributed by atoms with Crippen LogP contribution < -0.4 is 10.9 Å². The molecule has 0 bridgehead atoms. The molecular weight excluding hydrogens is 346 g/mol. The molecule has 0 fully saturated rings. The number of hydrogen-bond donors (Lipinski definition) is 2. The first-order chi connectivity index (χ1) is 12.6. The SMILES string of the molecule is C[C@@H](NCc1nc2cc(Cl)ccc2c(=O)[nH]1)c1ccc2c(c1)CCCC2. The van der Waals surface area contributed by atoms with Crippen LogP contribution in [0.25, 0.3) is 10.9 Å². The summed E-state index contributed by atoms with van der Waals surface area (Å²) in [7, 11) is 0. The molecule has 1 aliphatic carbocycles. The van der Waals surface area contributed by atoms with E-state index < -0.39 is 0 Å². The molecule has 0 unspecified atom stereocenters. The maximum absolute atomic E-state index is 12.2. The summed E-state index contributed by atoms with van der Waals surface area (Å²) in [6, 6.07) is 12.1. The van der Waals surface area contributed by atoms with Crippen LogP contribution in [0.15, 0.2) is 41.2 Å². The molecule has 1 aliphatic rings. The molecule has 0 amide bonds. The second-order valence-electron chi connectivity index (χ2n) is 7.01. The molecule has 2 N–H and O–H groups in total. The molecule has 5 heteroatoms. The van der Waals surface area contributed by atoms with Gasteiger partial charge in [0.25, 0.3) is 5.56 Å². The van der Waals surface area contributed by atoms with Gasteiger partial charge in [0.2, 0.25) is 0 Å². The Kier molecular flexibility index (Phi) is 4.79. The van der Waals surface area contributed by atoms with E-state index in [4.69, 9.17) is 11.6 Å². The van der Waals surface area contributed by atoms with Crippen LogP contribution in [0.4, 0.5) is 0 Å². The van der Waals surface area contributed by atoms with Crippen LogP contribution in [0.2, 0.25) is 5.02 Å². The molecule has 0 saturated heterocycles. The minimum atomic E-state index is -0.134. The molecular formula is C21H22ClN3O. The molecule has 26 heavy (non-hydrogen) atoms. The van der Waals surface area contributed by atoms with Crippen LogP contribution >= 0.6 is 11.6 Å². The molecule has 0 saturated carbocycles. The molecule has 0 aliphatic heterocycles. The fourth-order valence-corrected chi connectivity index (χ4v) is 3.80. The summed E-state index contributed by atoms with van der Waals surface area (Å²) in [4.78, 5) is 19.6. The minimum absolute atomic E-state index is 0.134. The first kappa shape index (κ1) is 17.3. The highest BCUT2D eigenvalue weighted by atomic mass is 35.5. The average molecular weight is 368 g/mol. The smallest absolute Gasteiger partial charge is 0.258 e. The van der Waals surface area contributed by atoms with Crippen molar-refractivity contribution >= 4 is 22.5 Å². The van der Waals surface area contributed by atoms with Gasteiger partial charge >= 0.3 is 0 Å². The van der Waals surface area contributed by atoms with Gasteiger partial charge in [-0.1, -0.05) is 29.8 Å². The molecule has 4 rings (SSSR count). The van der Waals surface area contributed by atoms with Gasteiger partial charge in [0.15, 0.2) is 0 Å². The number of hydrogen-bond acceptors (Lipinski definition) is 3. The van der Waals surface area contributed by atoms with Crippen molar-refractivity contribution in [2.24, 2.45) is 0 Å². The lowest BCUT2D eigenvalue weighted by atomic mass is 9.89. The van der Waals surface area contributed by atoms with Gasteiger partial charge in [-0.2, -0.15) is 0 Å². The number of aromatic nitrogens is 2. The van der Waals surface area contributed by atoms with Crippen LogP contribution in [0.3, 0.4) is 0 Å². The number of aryl methyl sites for hydroxylation is 2. The molecule has 1 aromatic heterocycles. The van der Waals surface area contributed by atoms with Gasteiger partial charge in [0.1, 0.15) is 5.82 Å². The Bertz CT molecular complexity index is 1010. The van der Waals surface area contributed by atoms with Crippen molar-refractivity contribution in [2.75, 3.05) is 0 Å². The zero-order valence-electron chi connectivity index (χ0n) is 14.8. The number of rotatable bonds is 4. The fourth-order valence-electron chi connectivity index (χ4n) is 3.64. The van der Waals surface area contributed by atoms with Crippen LogP contribution in [0.1, 0.15) is 48.3 Å². The quantitative estimate of drug-likeness (QED) is 0.722. The number of aromatic amines is 1. The van der Waals surface area contributed by atoms with E-state index in [1.165, 1.54) is 42.4 Å². The highest BCUT2D eigenvalue weighted by Gasteiger charge is 2.13. The van der Waals surface area contributed by atoms with E-state index in [1.807, 2.05) is 0 Å². The topological polar surface area (TPSA) is 57.8 Å². The lowest BCUT2D eigenvalue weighted by Crippen LogP contribution is -2.22. The van der Waals surface area contributed by atoms with Gasteiger partial charge in [-0.05, 0) is 67.5 Å². The summed E-state index contributed by atoms with van der Waals surface area (Å²) >= 11 is 6.02. The highest BCUT2D eigenvalue weighted by molar-refractivity contribution is 6.31. The second-order valence-corrected chi connectivity index (χ2v) is 7.45. The third-order valence-corrected chi connectivity index (χ3v) is 5.40. The van der Waals surface area contributed by atoms with E-state index in [0.29, 0.717) is 28.3 Å². The molecule has 0 radical (unpaired) electrons.